The maximum Gasteiger partial charge on any atom is 0.240 e. The third kappa shape index (κ3) is 8.70. The summed E-state index contributed by atoms with van der Waals surface area (Å²) in [4.78, 5) is 45.2. The molecule has 1 aromatic carbocycles. The van der Waals surface area contributed by atoms with Gasteiger partial charge in [0.25, 0.3) is 0 Å². The van der Waals surface area contributed by atoms with Crippen LogP contribution in [0, 0.1) is 46.3 Å². The number of aliphatic hydroxyl groups excluding tert-OH is 2. The van der Waals surface area contributed by atoms with Crippen LogP contribution in [-0.2, 0) is 20.8 Å². The molecule has 0 unspecified atom stereocenters. The fourth-order valence-corrected chi connectivity index (χ4v) is 12.3. The molecule has 1 aromatic rings. The minimum absolute atomic E-state index is 0.00862. The molecule has 56 heavy (non-hydrogen) atoms. The van der Waals surface area contributed by atoms with Gasteiger partial charge in [-0.1, -0.05) is 96.2 Å². The number of likely N-dealkylation sites (tertiary alicyclic amines) is 1. The zero-order chi connectivity index (χ0) is 40.5. The van der Waals surface area contributed by atoms with Crippen LogP contribution in [0.3, 0.4) is 0 Å². The van der Waals surface area contributed by atoms with Crippen molar-refractivity contribution in [2.45, 2.75) is 155 Å². The van der Waals surface area contributed by atoms with Crippen LogP contribution in [0.25, 0.3) is 0 Å². The molecule has 6 rings (SSSR count). The maximum absolute atomic E-state index is 14.9. The SMILES string of the molecule is C=C1CCC[C@]2(C)CC[C@@H](C(C)C)[C@H](NC(=O)[C@H]3C[C@H](O)[C@H](O)[C@@H](C(=O)N[C@@H]4[C@H]5C(=C)CCC[C@]5(C)CC[C@H]4C(C)C)N3CC(=O)NCCc3ccccc3)[C@@H]12. The van der Waals surface area contributed by atoms with Crippen molar-refractivity contribution < 1.29 is 24.6 Å². The van der Waals surface area contributed by atoms with Gasteiger partial charge >= 0.3 is 0 Å². The molecule has 12 atom stereocenters. The molecule has 5 N–H and O–H groups in total. The summed E-state index contributed by atoms with van der Waals surface area (Å²) < 4.78 is 0. The van der Waals surface area contributed by atoms with Crippen molar-refractivity contribution in [2.24, 2.45) is 46.3 Å². The molecule has 310 valence electrons. The highest BCUT2D eigenvalue weighted by molar-refractivity contribution is 5.89. The van der Waals surface area contributed by atoms with Gasteiger partial charge < -0.3 is 26.2 Å². The molecule has 4 aliphatic carbocycles. The van der Waals surface area contributed by atoms with E-state index in [4.69, 9.17) is 0 Å². The molecule has 3 amide bonds. The Morgan fingerprint density at radius 3 is 1.84 bits per heavy atom. The Balaban J connectivity index is 1.31. The Hall–Kier alpha value is -3.01. The van der Waals surface area contributed by atoms with Gasteiger partial charge in [0.05, 0.1) is 18.7 Å². The number of amides is 3. The van der Waals surface area contributed by atoms with E-state index >= 15 is 0 Å². The molecule has 1 saturated heterocycles. The van der Waals surface area contributed by atoms with Gasteiger partial charge in [0, 0.05) is 36.9 Å². The van der Waals surface area contributed by atoms with Crippen LogP contribution in [0.5, 0.6) is 0 Å². The Morgan fingerprint density at radius 1 is 0.804 bits per heavy atom. The van der Waals surface area contributed by atoms with Crippen molar-refractivity contribution >= 4 is 17.7 Å². The monoisotopic (exact) mass is 773 g/mol. The van der Waals surface area contributed by atoms with Crippen molar-refractivity contribution in [3.8, 4) is 0 Å². The summed E-state index contributed by atoms with van der Waals surface area (Å²) >= 11 is 0. The first kappa shape index (κ1) is 42.6. The number of benzene rings is 1. The number of hydrogen-bond acceptors (Lipinski definition) is 6. The van der Waals surface area contributed by atoms with Crippen molar-refractivity contribution in [1.29, 1.82) is 0 Å². The predicted molar refractivity (Wildman–Crippen MR) is 222 cm³/mol. The molecule has 0 aromatic heterocycles. The van der Waals surface area contributed by atoms with E-state index in [0.29, 0.717) is 24.8 Å². The van der Waals surface area contributed by atoms with E-state index < -0.39 is 30.2 Å². The van der Waals surface area contributed by atoms with Crippen molar-refractivity contribution in [3.63, 3.8) is 0 Å². The minimum atomic E-state index is -1.49. The normalized spacial score (nSPS) is 37.8. The van der Waals surface area contributed by atoms with E-state index in [1.807, 2.05) is 30.3 Å². The number of hydrogen-bond donors (Lipinski definition) is 5. The Morgan fingerprint density at radius 2 is 1.32 bits per heavy atom. The van der Waals surface area contributed by atoms with Gasteiger partial charge in [-0.15, -0.1) is 0 Å². The number of piperidine rings is 1. The van der Waals surface area contributed by atoms with Crippen LogP contribution >= 0.6 is 0 Å². The second-order valence-electron chi connectivity index (χ2n) is 19.8. The van der Waals surface area contributed by atoms with E-state index in [2.05, 4.69) is 70.7 Å². The molecule has 0 bridgehead atoms. The molecule has 5 fully saturated rings. The number of nitrogens with zero attached hydrogens (tertiary/aromatic N) is 1. The molecule has 4 saturated carbocycles. The topological polar surface area (TPSA) is 131 Å². The second-order valence-corrected chi connectivity index (χ2v) is 19.8. The molecule has 1 aliphatic heterocycles. The molecular formula is C47H72N4O5. The summed E-state index contributed by atoms with van der Waals surface area (Å²) in [6, 6.07) is 7.22. The predicted octanol–water partition coefficient (Wildman–Crippen LogP) is 6.34. The molecule has 5 aliphatic rings. The standard InChI is InChI=1S/C47H72N4O5/c1-28(2)33-18-23-46(7)21-12-14-30(5)38(46)40(33)49-44(55)35-26-36(52)43(54)42(51(35)27-37(53)48-25-20-32-16-10-9-11-17-32)45(56)50-41-34(29(3)4)19-24-47(8)22-13-15-31(6)39(41)47/h9-11,16-17,28-29,33-36,38-43,52,54H,5-6,12-15,18-27H2,1-4,7-8H3,(H,48,53)(H,49,55)(H,50,56)/t33-,34-,35+,36-,38+,39+,40-,41-,42-,43-,46+,47+/m0/s1. The summed E-state index contributed by atoms with van der Waals surface area (Å²) in [6.45, 7) is 22.7. The van der Waals surface area contributed by atoms with Gasteiger partial charge in [0.1, 0.15) is 12.1 Å². The number of fused-ring (bicyclic) bond motifs is 2. The van der Waals surface area contributed by atoms with Gasteiger partial charge in [0.15, 0.2) is 0 Å². The zero-order valence-corrected chi connectivity index (χ0v) is 35.2. The lowest BCUT2D eigenvalue weighted by Gasteiger charge is -2.55. The summed E-state index contributed by atoms with van der Waals surface area (Å²) in [6.07, 6.45) is 8.05. The Kier molecular flexibility index (Phi) is 13.3. The first-order chi connectivity index (χ1) is 26.5. The highest BCUT2D eigenvalue weighted by Gasteiger charge is 2.55. The summed E-state index contributed by atoms with van der Waals surface area (Å²) in [5.41, 5.74) is 3.48. The summed E-state index contributed by atoms with van der Waals surface area (Å²) in [5.74, 6) is 0.163. The molecular weight excluding hydrogens is 701 g/mol. The maximum atomic E-state index is 14.9. The van der Waals surface area contributed by atoms with Crippen LogP contribution in [0.4, 0.5) is 0 Å². The first-order valence-electron chi connectivity index (χ1n) is 21.9. The van der Waals surface area contributed by atoms with Crippen LogP contribution in [0.1, 0.15) is 118 Å². The van der Waals surface area contributed by atoms with Crippen LogP contribution < -0.4 is 16.0 Å². The van der Waals surface area contributed by atoms with Gasteiger partial charge in [0.2, 0.25) is 17.7 Å². The fourth-order valence-electron chi connectivity index (χ4n) is 12.3. The van der Waals surface area contributed by atoms with Crippen LogP contribution in [-0.4, -0.2) is 82.3 Å². The largest absolute Gasteiger partial charge is 0.390 e. The van der Waals surface area contributed by atoms with Crippen LogP contribution in [0.15, 0.2) is 54.6 Å². The van der Waals surface area contributed by atoms with E-state index in [9.17, 15) is 24.6 Å². The highest BCUT2D eigenvalue weighted by Crippen LogP contribution is 2.56. The molecule has 9 nitrogen and oxygen atoms in total. The third-order valence-corrected chi connectivity index (χ3v) is 15.4. The summed E-state index contributed by atoms with van der Waals surface area (Å²) in [7, 11) is 0. The lowest BCUT2D eigenvalue weighted by molar-refractivity contribution is -0.157. The molecule has 0 radical (unpaired) electrons. The smallest absolute Gasteiger partial charge is 0.240 e. The van der Waals surface area contributed by atoms with E-state index in [-0.39, 0.29) is 71.4 Å². The number of aliphatic hydroxyl groups is 2. The highest BCUT2D eigenvalue weighted by atomic mass is 16.3. The number of carbonyl (C=O) groups is 3. The van der Waals surface area contributed by atoms with Gasteiger partial charge in [-0.25, -0.2) is 0 Å². The quantitative estimate of drug-likeness (QED) is 0.167. The lowest BCUT2D eigenvalue weighted by Crippen LogP contribution is -2.70. The molecule has 9 heteroatoms. The van der Waals surface area contributed by atoms with Crippen LogP contribution in [0.2, 0.25) is 0 Å². The zero-order valence-electron chi connectivity index (χ0n) is 35.2. The second kappa shape index (κ2) is 17.5. The molecule has 1 heterocycles. The van der Waals surface area contributed by atoms with Crippen molar-refractivity contribution in [1.82, 2.24) is 20.9 Å². The van der Waals surface area contributed by atoms with E-state index in [1.165, 1.54) is 5.57 Å². The van der Waals surface area contributed by atoms with E-state index in [1.54, 1.807) is 4.90 Å². The third-order valence-electron chi connectivity index (χ3n) is 15.4. The lowest BCUT2D eigenvalue weighted by atomic mass is 9.53. The van der Waals surface area contributed by atoms with Gasteiger partial charge in [-0.3, -0.25) is 19.3 Å². The summed E-state index contributed by atoms with van der Waals surface area (Å²) in [5, 5.41) is 33.2. The average Bonchev–Trinajstić information content (AvgIpc) is 3.13. The number of carbonyl (C=O) groups excluding carboxylic acids is 3. The molecule has 0 spiro atoms. The van der Waals surface area contributed by atoms with Gasteiger partial charge in [-0.2, -0.15) is 0 Å². The Bertz CT molecular complexity index is 1600. The van der Waals surface area contributed by atoms with Crippen molar-refractivity contribution in [3.05, 3.63) is 60.2 Å². The van der Waals surface area contributed by atoms with E-state index in [0.717, 1.165) is 75.3 Å². The first-order valence-corrected chi connectivity index (χ1v) is 21.9. The van der Waals surface area contributed by atoms with Crippen molar-refractivity contribution in [2.75, 3.05) is 13.1 Å². The minimum Gasteiger partial charge on any atom is -0.390 e. The average molecular weight is 773 g/mol. The number of rotatable bonds is 11. The Labute approximate surface area is 336 Å². The number of nitrogens with one attached hydrogen (secondary N) is 3. The van der Waals surface area contributed by atoms with Gasteiger partial charge in [-0.05, 0) is 111 Å². The fraction of sp³-hybridized carbons (Fsp3) is 0.723.